The molecule has 0 spiro atoms. The largest absolute Gasteiger partial charge is 0.455 e. The van der Waals surface area contributed by atoms with Crippen molar-refractivity contribution in [3.8, 4) is 0 Å². The van der Waals surface area contributed by atoms with Crippen molar-refractivity contribution in [2.24, 2.45) is 0 Å². The van der Waals surface area contributed by atoms with Crippen LogP contribution >= 0.6 is 0 Å². The smallest absolute Gasteiger partial charge is 0.289 e. The second-order valence-electron chi connectivity index (χ2n) is 10.9. The molecule has 0 unspecified atom stereocenters. The molecule has 0 bridgehead atoms. The highest BCUT2D eigenvalue weighted by Gasteiger charge is 2.29. The Morgan fingerprint density at radius 1 is 0.595 bits per heavy atom. The number of amides is 1. The zero-order valence-electron chi connectivity index (χ0n) is 23.9. The Morgan fingerprint density at radius 2 is 1.07 bits per heavy atom. The summed E-state index contributed by atoms with van der Waals surface area (Å²) in [6, 6.07) is 46.2. The van der Waals surface area contributed by atoms with Gasteiger partial charge in [-0.15, -0.1) is 0 Å². The summed E-state index contributed by atoms with van der Waals surface area (Å²) in [7, 11) is 0. The number of benzene rings is 4. The molecule has 6 rings (SSSR count). The van der Waals surface area contributed by atoms with Gasteiger partial charge < -0.3 is 9.32 Å². The van der Waals surface area contributed by atoms with Crippen LogP contribution in [0.15, 0.2) is 138 Å². The third-order valence-electron chi connectivity index (χ3n) is 7.95. The van der Waals surface area contributed by atoms with Crippen LogP contribution in [0.1, 0.15) is 44.6 Å². The molecule has 0 aliphatic carbocycles. The van der Waals surface area contributed by atoms with E-state index in [0.29, 0.717) is 25.4 Å². The highest BCUT2D eigenvalue weighted by Crippen LogP contribution is 2.30. The van der Waals surface area contributed by atoms with E-state index in [1.807, 2.05) is 29.2 Å². The molecule has 0 saturated carbocycles. The lowest BCUT2D eigenvalue weighted by Crippen LogP contribution is -2.49. The maximum atomic E-state index is 13.5. The average molecular weight is 556 g/mol. The first kappa shape index (κ1) is 27.7. The van der Waals surface area contributed by atoms with Crippen molar-refractivity contribution in [2.75, 3.05) is 26.2 Å². The Kier molecular flexibility index (Phi) is 8.89. The van der Waals surface area contributed by atoms with Crippen molar-refractivity contribution in [3.05, 3.63) is 167 Å². The number of carbonyl (C=O) groups is 1. The molecule has 2 heterocycles. The van der Waals surface area contributed by atoms with Gasteiger partial charge >= 0.3 is 0 Å². The number of hydrogen-bond donors (Lipinski definition) is 0. The number of furan rings is 1. The maximum Gasteiger partial charge on any atom is 0.289 e. The zero-order valence-corrected chi connectivity index (χ0v) is 23.9. The molecular weight excluding hydrogens is 518 g/mol. The molecule has 5 aromatic rings. The summed E-state index contributed by atoms with van der Waals surface area (Å²) in [5.41, 5.74) is 5.04. The van der Waals surface area contributed by atoms with Gasteiger partial charge in [-0.05, 0) is 34.4 Å². The van der Waals surface area contributed by atoms with E-state index < -0.39 is 0 Å². The lowest BCUT2D eigenvalue weighted by molar-refractivity contribution is 0.0564. The van der Waals surface area contributed by atoms with Crippen molar-refractivity contribution < 1.29 is 9.21 Å². The molecule has 1 aliphatic rings. The molecule has 0 N–H and O–H groups in total. The molecule has 42 heavy (non-hydrogen) atoms. The summed E-state index contributed by atoms with van der Waals surface area (Å²) in [6.07, 6.45) is 0. The first-order valence-corrected chi connectivity index (χ1v) is 14.7. The van der Waals surface area contributed by atoms with Gasteiger partial charge in [0.1, 0.15) is 5.76 Å². The third kappa shape index (κ3) is 6.88. The molecule has 1 aliphatic heterocycles. The summed E-state index contributed by atoms with van der Waals surface area (Å²) >= 11 is 0. The Bertz CT molecular complexity index is 1450. The van der Waals surface area contributed by atoms with E-state index in [1.165, 1.54) is 22.3 Å². The third-order valence-corrected chi connectivity index (χ3v) is 7.95. The van der Waals surface area contributed by atoms with E-state index in [1.54, 1.807) is 0 Å². The van der Waals surface area contributed by atoms with Crippen LogP contribution < -0.4 is 0 Å². The average Bonchev–Trinajstić information content (AvgIpc) is 3.52. The van der Waals surface area contributed by atoms with Crippen molar-refractivity contribution >= 4 is 5.91 Å². The molecule has 1 amide bonds. The Hall–Kier alpha value is -4.45. The molecule has 5 heteroatoms. The van der Waals surface area contributed by atoms with Crippen molar-refractivity contribution in [1.29, 1.82) is 0 Å². The van der Waals surface area contributed by atoms with E-state index in [-0.39, 0.29) is 11.9 Å². The topological polar surface area (TPSA) is 39.9 Å². The molecule has 1 saturated heterocycles. The van der Waals surface area contributed by atoms with Gasteiger partial charge in [0.25, 0.3) is 5.91 Å². The van der Waals surface area contributed by atoms with Crippen LogP contribution in [-0.2, 0) is 19.6 Å². The van der Waals surface area contributed by atoms with Gasteiger partial charge in [0.15, 0.2) is 5.76 Å². The van der Waals surface area contributed by atoms with Gasteiger partial charge in [0.2, 0.25) is 0 Å². The van der Waals surface area contributed by atoms with E-state index in [2.05, 4.69) is 119 Å². The number of rotatable bonds is 10. The fourth-order valence-corrected chi connectivity index (χ4v) is 5.87. The number of carbonyl (C=O) groups excluding carboxylic acids is 1. The Balaban J connectivity index is 1.11. The second-order valence-corrected chi connectivity index (χ2v) is 10.9. The van der Waals surface area contributed by atoms with Crippen LogP contribution in [0.4, 0.5) is 0 Å². The SMILES string of the molecule is O=C(c1ccc(CN(Cc2ccccc2)Cc2ccccc2)o1)N1CCN(C(c2ccccc2)c2ccccc2)CC1. The van der Waals surface area contributed by atoms with Crippen LogP contribution in [0.5, 0.6) is 0 Å². The van der Waals surface area contributed by atoms with Gasteiger partial charge in [0.05, 0.1) is 12.6 Å². The van der Waals surface area contributed by atoms with Crippen molar-refractivity contribution in [1.82, 2.24) is 14.7 Å². The highest BCUT2D eigenvalue weighted by atomic mass is 16.4. The normalized spacial score (nSPS) is 14.0. The van der Waals surface area contributed by atoms with Crippen LogP contribution in [0.25, 0.3) is 0 Å². The summed E-state index contributed by atoms with van der Waals surface area (Å²) in [5.74, 6) is 1.19. The summed E-state index contributed by atoms with van der Waals surface area (Å²) in [6.45, 7) is 5.15. The zero-order chi connectivity index (χ0) is 28.6. The van der Waals surface area contributed by atoms with E-state index in [4.69, 9.17) is 4.42 Å². The fraction of sp³-hybridized carbons (Fsp3) is 0.216. The lowest BCUT2D eigenvalue weighted by atomic mass is 9.96. The number of piperazine rings is 1. The predicted octanol–water partition coefficient (Wildman–Crippen LogP) is 7.03. The lowest BCUT2D eigenvalue weighted by Gasteiger charge is -2.39. The van der Waals surface area contributed by atoms with E-state index in [0.717, 1.165) is 31.9 Å². The molecule has 0 radical (unpaired) electrons. The van der Waals surface area contributed by atoms with Crippen LogP contribution in [0.2, 0.25) is 0 Å². The summed E-state index contributed by atoms with van der Waals surface area (Å²) in [5, 5.41) is 0. The van der Waals surface area contributed by atoms with Crippen LogP contribution in [0, 0.1) is 0 Å². The molecule has 1 fully saturated rings. The fourth-order valence-electron chi connectivity index (χ4n) is 5.87. The molecule has 1 aromatic heterocycles. The van der Waals surface area contributed by atoms with Gasteiger partial charge in [0, 0.05) is 39.3 Å². The second kappa shape index (κ2) is 13.5. The number of nitrogens with zero attached hydrogens (tertiary/aromatic N) is 3. The summed E-state index contributed by atoms with van der Waals surface area (Å²) in [4.78, 5) is 20.3. The minimum Gasteiger partial charge on any atom is -0.455 e. The maximum absolute atomic E-state index is 13.5. The Morgan fingerprint density at radius 3 is 1.57 bits per heavy atom. The first-order valence-electron chi connectivity index (χ1n) is 14.7. The molecule has 0 atom stereocenters. The van der Waals surface area contributed by atoms with Crippen molar-refractivity contribution in [2.45, 2.75) is 25.7 Å². The quantitative estimate of drug-likeness (QED) is 0.186. The van der Waals surface area contributed by atoms with Crippen molar-refractivity contribution in [3.63, 3.8) is 0 Å². The molecule has 212 valence electrons. The minimum atomic E-state index is -0.0328. The van der Waals surface area contributed by atoms with Crippen LogP contribution in [-0.4, -0.2) is 46.8 Å². The summed E-state index contributed by atoms with van der Waals surface area (Å²) < 4.78 is 6.17. The number of hydrogen-bond acceptors (Lipinski definition) is 4. The van der Waals surface area contributed by atoms with Crippen LogP contribution in [0.3, 0.4) is 0 Å². The van der Waals surface area contributed by atoms with E-state index in [9.17, 15) is 4.79 Å². The van der Waals surface area contributed by atoms with E-state index >= 15 is 0 Å². The molecular formula is C37H37N3O2. The molecule has 4 aromatic carbocycles. The standard InChI is InChI=1S/C37H37N3O2/c41-37(40-25-23-39(24-26-40)36(32-17-9-3-10-18-32)33-19-11-4-12-20-33)35-22-21-34(42-35)29-38(27-30-13-5-1-6-14-30)28-31-15-7-2-8-16-31/h1-22,36H,23-29H2. The van der Waals surface area contributed by atoms with Gasteiger partial charge in [-0.3, -0.25) is 14.6 Å². The minimum absolute atomic E-state index is 0.0328. The van der Waals surface area contributed by atoms with Gasteiger partial charge in [-0.25, -0.2) is 0 Å². The monoisotopic (exact) mass is 555 g/mol. The van der Waals surface area contributed by atoms with Gasteiger partial charge in [-0.1, -0.05) is 121 Å². The molecule has 5 nitrogen and oxygen atoms in total. The first-order chi connectivity index (χ1) is 20.7. The highest BCUT2D eigenvalue weighted by molar-refractivity contribution is 5.91. The Labute approximate surface area is 248 Å². The predicted molar refractivity (Wildman–Crippen MR) is 167 cm³/mol. The van der Waals surface area contributed by atoms with Gasteiger partial charge in [-0.2, -0.15) is 0 Å².